The molecule has 0 amide bonds. The highest BCUT2D eigenvalue weighted by molar-refractivity contribution is 6.07. The quantitative estimate of drug-likeness (QED) is 0.282. The molecule has 0 unspecified atom stereocenters. The number of rotatable bonds is 6. The zero-order valence-corrected chi connectivity index (χ0v) is 15.9. The monoisotopic (exact) mass is 394 g/mol. The molecule has 3 rings (SSSR count). The third kappa shape index (κ3) is 4.79. The van der Waals surface area contributed by atoms with Gasteiger partial charge in [0.15, 0.2) is 5.76 Å². The van der Waals surface area contributed by atoms with E-state index in [1.165, 1.54) is 12.1 Å². The molecule has 0 saturated heterocycles. The van der Waals surface area contributed by atoms with Gasteiger partial charge in [0, 0.05) is 23.6 Å². The summed E-state index contributed by atoms with van der Waals surface area (Å²) in [7, 11) is 1.10. The van der Waals surface area contributed by atoms with E-state index in [-0.39, 0.29) is 11.6 Å². The van der Waals surface area contributed by atoms with Crippen LogP contribution >= 0.6 is 0 Å². The number of aryl methyl sites for hydroxylation is 1. The van der Waals surface area contributed by atoms with Gasteiger partial charge in [-0.3, -0.25) is 4.79 Å². The van der Waals surface area contributed by atoms with Crippen LogP contribution in [0.15, 0.2) is 70.8 Å². The van der Waals surface area contributed by atoms with E-state index in [0.717, 1.165) is 29.9 Å². The Kier molecular flexibility index (Phi) is 5.93. The van der Waals surface area contributed by atoms with Gasteiger partial charge >= 0.3 is 5.97 Å². The van der Waals surface area contributed by atoms with Gasteiger partial charge in [-0.1, -0.05) is 42.0 Å². The number of esters is 1. The zero-order valence-electron chi connectivity index (χ0n) is 15.9. The second-order valence-corrected chi connectivity index (χ2v) is 6.52. The number of aliphatic hydroxyl groups is 1. The number of furan rings is 1. The van der Waals surface area contributed by atoms with E-state index in [1.807, 2.05) is 31.2 Å². The van der Waals surface area contributed by atoms with Crippen molar-refractivity contribution < 1.29 is 28.2 Å². The maximum atomic E-state index is 13.2. The van der Waals surface area contributed by atoms with Gasteiger partial charge in [0.25, 0.3) is 0 Å². The molecule has 0 radical (unpaired) electrons. The van der Waals surface area contributed by atoms with Crippen molar-refractivity contribution in [2.24, 2.45) is 0 Å². The minimum atomic E-state index is -1.02. The molecule has 1 heterocycles. The summed E-state index contributed by atoms with van der Waals surface area (Å²) in [5, 5.41) is 9.70. The third-order valence-corrected chi connectivity index (χ3v) is 4.34. The van der Waals surface area contributed by atoms with E-state index in [4.69, 9.17) is 4.42 Å². The highest BCUT2D eigenvalue weighted by atomic mass is 19.1. The van der Waals surface area contributed by atoms with E-state index in [9.17, 15) is 19.1 Å². The van der Waals surface area contributed by atoms with Crippen molar-refractivity contribution in [3.63, 3.8) is 0 Å². The van der Waals surface area contributed by atoms with Crippen LogP contribution in [0.2, 0.25) is 0 Å². The first-order chi connectivity index (χ1) is 13.9. The Hall–Kier alpha value is -3.67. The summed E-state index contributed by atoms with van der Waals surface area (Å²) in [4.78, 5) is 24.0. The first-order valence-corrected chi connectivity index (χ1v) is 8.85. The molecule has 5 nitrogen and oxygen atoms in total. The van der Waals surface area contributed by atoms with Crippen LogP contribution in [0.25, 0.3) is 11.3 Å². The largest absolute Gasteiger partial charge is 0.502 e. The van der Waals surface area contributed by atoms with Crippen LogP contribution in [0.1, 0.15) is 27.2 Å². The van der Waals surface area contributed by atoms with Crippen LogP contribution in [0.5, 0.6) is 0 Å². The Bertz CT molecular complexity index is 1060. The summed E-state index contributed by atoms with van der Waals surface area (Å²) in [5.41, 5.74) is 3.18. The normalized spacial score (nSPS) is 11.3. The number of ketones is 1. The summed E-state index contributed by atoms with van der Waals surface area (Å²) in [6, 6.07) is 15.2. The van der Waals surface area contributed by atoms with Gasteiger partial charge < -0.3 is 14.3 Å². The number of benzene rings is 2. The second kappa shape index (κ2) is 8.56. The number of halogens is 1. The Morgan fingerprint density at radius 3 is 2.38 bits per heavy atom. The summed E-state index contributed by atoms with van der Waals surface area (Å²) in [6.45, 7) is 1.96. The molecule has 0 atom stereocenters. The van der Waals surface area contributed by atoms with Crippen molar-refractivity contribution in [2.75, 3.05) is 7.11 Å². The van der Waals surface area contributed by atoms with E-state index >= 15 is 0 Å². The Morgan fingerprint density at radius 2 is 1.76 bits per heavy atom. The summed E-state index contributed by atoms with van der Waals surface area (Å²) < 4.78 is 23.4. The molecule has 29 heavy (non-hydrogen) atoms. The smallest absolute Gasteiger partial charge is 0.373 e. The minimum Gasteiger partial charge on any atom is -0.502 e. The number of allylic oxidation sites excluding steroid dienone is 1. The van der Waals surface area contributed by atoms with E-state index in [2.05, 4.69) is 4.74 Å². The minimum absolute atomic E-state index is 0.0136. The van der Waals surface area contributed by atoms with E-state index in [1.54, 1.807) is 18.2 Å². The lowest BCUT2D eigenvalue weighted by Gasteiger charge is -2.01. The fraction of sp³-hybridized carbons (Fsp3) is 0.130. The van der Waals surface area contributed by atoms with Crippen molar-refractivity contribution >= 4 is 11.8 Å². The average Bonchev–Trinajstić information content (AvgIpc) is 3.13. The molecule has 0 fully saturated rings. The molecule has 0 aliphatic carbocycles. The van der Waals surface area contributed by atoms with Crippen molar-refractivity contribution in [2.45, 2.75) is 13.3 Å². The first-order valence-electron chi connectivity index (χ1n) is 8.85. The molecular weight excluding hydrogens is 375 g/mol. The Morgan fingerprint density at radius 1 is 1.10 bits per heavy atom. The zero-order chi connectivity index (χ0) is 21.0. The maximum absolute atomic E-state index is 13.2. The number of carbonyl (C=O) groups excluding carboxylic acids is 2. The fourth-order valence-electron chi connectivity index (χ4n) is 2.80. The van der Waals surface area contributed by atoms with Crippen LogP contribution in [0.4, 0.5) is 4.39 Å². The first kappa shape index (κ1) is 20.1. The lowest BCUT2D eigenvalue weighted by atomic mass is 10.0. The fourth-order valence-corrected chi connectivity index (χ4v) is 2.80. The predicted octanol–water partition coefficient (Wildman–Crippen LogP) is 4.78. The molecular formula is C23H19FO5. The van der Waals surface area contributed by atoms with Gasteiger partial charge in [-0.25, -0.2) is 9.18 Å². The Balaban J connectivity index is 2.01. The van der Waals surface area contributed by atoms with Crippen molar-refractivity contribution in [3.8, 4) is 11.3 Å². The molecule has 0 aliphatic heterocycles. The van der Waals surface area contributed by atoms with Gasteiger partial charge in [0.1, 0.15) is 11.6 Å². The van der Waals surface area contributed by atoms with Gasteiger partial charge in [0.2, 0.25) is 11.5 Å². The lowest BCUT2D eigenvalue weighted by molar-refractivity contribution is -0.139. The van der Waals surface area contributed by atoms with Crippen LogP contribution in [-0.2, 0) is 16.0 Å². The summed E-state index contributed by atoms with van der Waals surface area (Å²) in [6.07, 6.45) is 1.07. The van der Waals surface area contributed by atoms with Crippen molar-refractivity contribution in [1.82, 2.24) is 0 Å². The second-order valence-electron chi connectivity index (χ2n) is 6.52. The summed E-state index contributed by atoms with van der Waals surface area (Å²) >= 11 is 0. The van der Waals surface area contributed by atoms with Gasteiger partial charge in [-0.15, -0.1) is 0 Å². The third-order valence-electron chi connectivity index (χ3n) is 4.34. The van der Waals surface area contributed by atoms with Crippen LogP contribution in [0, 0.1) is 12.7 Å². The number of ether oxygens (including phenoxy) is 1. The van der Waals surface area contributed by atoms with Crippen LogP contribution in [-0.4, -0.2) is 24.0 Å². The van der Waals surface area contributed by atoms with Crippen molar-refractivity contribution in [3.05, 3.63) is 94.7 Å². The SMILES string of the molecule is COC(=O)/C(O)=C/C(=O)c1oc(-c2ccc(C)cc2)cc1Cc1ccc(F)cc1. The molecule has 0 bridgehead atoms. The molecule has 148 valence electrons. The van der Waals surface area contributed by atoms with Crippen LogP contribution in [0.3, 0.4) is 0 Å². The van der Waals surface area contributed by atoms with Crippen LogP contribution < -0.4 is 0 Å². The number of hydrogen-bond donors (Lipinski definition) is 1. The number of hydrogen-bond acceptors (Lipinski definition) is 5. The molecule has 1 aromatic heterocycles. The van der Waals surface area contributed by atoms with E-state index in [0.29, 0.717) is 17.7 Å². The number of aliphatic hydroxyl groups excluding tert-OH is 1. The molecule has 0 aliphatic rings. The standard InChI is InChI=1S/C23H19FO5/c1-14-3-7-16(8-4-14)21-12-17(11-15-5-9-18(24)10-6-15)22(29-21)19(25)13-20(26)23(27)28-2/h3-10,12-13,26H,11H2,1-2H3/b20-13-. The lowest BCUT2D eigenvalue weighted by Crippen LogP contribution is -2.07. The highest BCUT2D eigenvalue weighted by Crippen LogP contribution is 2.28. The van der Waals surface area contributed by atoms with Gasteiger partial charge in [0.05, 0.1) is 7.11 Å². The van der Waals surface area contributed by atoms with Crippen molar-refractivity contribution in [1.29, 1.82) is 0 Å². The summed E-state index contributed by atoms with van der Waals surface area (Å²) in [5.74, 6) is -2.43. The Labute approximate surface area is 167 Å². The highest BCUT2D eigenvalue weighted by Gasteiger charge is 2.20. The van der Waals surface area contributed by atoms with Gasteiger partial charge in [-0.2, -0.15) is 0 Å². The van der Waals surface area contributed by atoms with E-state index < -0.39 is 17.5 Å². The average molecular weight is 394 g/mol. The van der Waals surface area contributed by atoms with Gasteiger partial charge in [-0.05, 0) is 30.7 Å². The molecule has 0 spiro atoms. The molecule has 3 aromatic rings. The maximum Gasteiger partial charge on any atom is 0.373 e. The topological polar surface area (TPSA) is 76.7 Å². The molecule has 6 heteroatoms. The molecule has 1 N–H and O–H groups in total. The molecule has 0 saturated carbocycles. The number of methoxy groups -OCH3 is 1. The predicted molar refractivity (Wildman–Crippen MR) is 105 cm³/mol. The number of carbonyl (C=O) groups is 2. The molecule has 2 aromatic carbocycles.